The zero-order valence-electron chi connectivity index (χ0n) is 12.7. The maximum Gasteiger partial charge on any atom is 0.167 e. The van der Waals surface area contributed by atoms with Gasteiger partial charge in [-0.05, 0) is 6.42 Å². The minimum atomic E-state index is -0.260. The van der Waals surface area contributed by atoms with Gasteiger partial charge in [0.05, 0.1) is 38.3 Å². The lowest BCUT2D eigenvalue weighted by molar-refractivity contribution is -0.0541. The van der Waals surface area contributed by atoms with E-state index in [1.165, 1.54) is 6.33 Å². The molecule has 0 spiro atoms. The lowest BCUT2D eigenvalue weighted by Gasteiger charge is -2.34. The fraction of sp³-hybridized carbons (Fsp3) is 0.643. The average Bonchev–Trinajstić information content (AvgIpc) is 3.20. The van der Waals surface area contributed by atoms with Crippen LogP contribution in [0.3, 0.4) is 0 Å². The maximum atomic E-state index is 9.52. The quantitative estimate of drug-likeness (QED) is 0.770. The van der Waals surface area contributed by atoms with Gasteiger partial charge in [-0.15, -0.1) is 0 Å². The third-order valence-electron chi connectivity index (χ3n) is 4.54. The minimum Gasteiger partial charge on any atom is -0.394 e. The van der Waals surface area contributed by atoms with Crippen LogP contribution in [0.25, 0.3) is 11.2 Å². The molecular formula is C14H20N6O3. The van der Waals surface area contributed by atoms with E-state index in [9.17, 15) is 5.11 Å². The van der Waals surface area contributed by atoms with Crippen LogP contribution in [0.1, 0.15) is 12.6 Å². The van der Waals surface area contributed by atoms with Crippen molar-refractivity contribution >= 4 is 17.0 Å². The fourth-order valence-corrected chi connectivity index (χ4v) is 3.39. The molecule has 0 aliphatic carbocycles. The molecule has 124 valence electrons. The Hall–Kier alpha value is -1.81. The molecule has 23 heavy (non-hydrogen) atoms. The Morgan fingerprint density at radius 1 is 1.26 bits per heavy atom. The summed E-state index contributed by atoms with van der Waals surface area (Å²) in [5.41, 5.74) is 7.09. The number of hydrogen-bond acceptors (Lipinski definition) is 8. The molecule has 2 fully saturated rings. The molecule has 2 saturated heterocycles. The summed E-state index contributed by atoms with van der Waals surface area (Å²) in [5.74, 6) is 0.355. The van der Waals surface area contributed by atoms with Crippen molar-refractivity contribution in [3.05, 3.63) is 12.7 Å². The fourth-order valence-electron chi connectivity index (χ4n) is 3.39. The van der Waals surface area contributed by atoms with E-state index >= 15 is 0 Å². The number of aliphatic hydroxyl groups excluding tert-OH is 1. The summed E-state index contributed by atoms with van der Waals surface area (Å²) in [4.78, 5) is 14.9. The number of rotatable bonds is 3. The number of ether oxygens (including phenoxy) is 2. The number of fused-ring (bicyclic) bond motifs is 1. The van der Waals surface area contributed by atoms with E-state index in [-0.39, 0.29) is 25.0 Å². The summed E-state index contributed by atoms with van der Waals surface area (Å²) in [5, 5.41) is 9.52. The number of aliphatic hydroxyl groups is 1. The van der Waals surface area contributed by atoms with E-state index in [4.69, 9.17) is 15.2 Å². The van der Waals surface area contributed by atoms with Crippen molar-refractivity contribution in [1.29, 1.82) is 0 Å². The van der Waals surface area contributed by atoms with Gasteiger partial charge in [0.25, 0.3) is 0 Å². The Bertz CT molecular complexity index is 686. The van der Waals surface area contributed by atoms with Crippen LogP contribution in [-0.2, 0) is 9.47 Å². The first-order chi connectivity index (χ1) is 11.3. The SMILES string of the molecule is Nc1ncnc2c1ncn2[C@@H]1O[C@H](CO)CC1N1CCOCC1. The summed E-state index contributed by atoms with van der Waals surface area (Å²) in [6.45, 7) is 3.14. The second-order valence-electron chi connectivity index (χ2n) is 5.87. The van der Waals surface area contributed by atoms with Crippen molar-refractivity contribution < 1.29 is 14.6 Å². The highest BCUT2D eigenvalue weighted by Crippen LogP contribution is 2.34. The number of nitrogen functional groups attached to an aromatic ring is 1. The topological polar surface area (TPSA) is 112 Å². The van der Waals surface area contributed by atoms with Gasteiger partial charge >= 0.3 is 0 Å². The molecule has 1 unspecified atom stereocenters. The first-order valence-electron chi connectivity index (χ1n) is 7.79. The molecule has 4 heterocycles. The smallest absolute Gasteiger partial charge is 0.167 e. The van der Waals surface area contributed by atoms with Crippen molar-refractivity contribution in [3.8, 4) is 0 Å². The van der Waals surface area contributed by atoms with Gasteiger partial charge in [-0.3, -0.25) is 9.47 Å². The molecule has 2 aromatic heterocycles. The number of morpholine rings is 1. The van der Waals surface area contributed by atoms with Crippen molar-refractivity contribution in [3.63, 3.8) is 0 Å². The number of imidazole rings is 1. The summed E-state index contributed by atoms with van der Waals surface area (Å²) in [7, 11) is 0. The molecule has 4 rings (SSSR count). The molecular weight excluding hydrogens is 300 g/mol. The Morgan fingerprint density at radius 3 is 2.87 bits per heavy atom. The van der Waals surface area contributed by atoms with Crippen LogP contribution in [0.5, 0.6) is 0 Å². The Labute approximate surface area is 133 Å². The predicted octanol–water partition coefficient (Wildman–Crippen LogP) is -0.611. The monoisotopic (exact) mass is 320 g/mol. The molecule has 3 N–H and O–H groups in total. The lowest BCUT2D eigenvalue weighted by Crippen LogP contribution is -2.45. The zero-order valence-corrected chi connectivity index (χ0v) is 12.7. The van der Waals surface area contributed by atoms with Gasteiger partial charge in [0.15, 0.2) is 17.7 Å². The molecule has 2 aromatic rings. The molecule has 0 amide bonds. The number of nitrogens with zero attached hydrogens (tertiary/aromatic N) is 5. The van der Waals surface area contributed by atoms with E-state index in [1.807, 2.05) is 4.57 Å². The van der Waals surface area contributed by atoms with Crippen LogP contribution in [0.2, 0.25) is 0 Å². The standard InChI is InChI=1S/C14H20N6O3/c15-12-11-13(17-7-16-12)20(8-18-11)14-10(5-9(6-21)23-14)19-1-3-22-4-2-19/h7-10,14,21H,1-6H2,(H2,15,16,17)/t9-,10?,14+/m0/s1. The molecule has 0 bridgehead atoms. The van der Waals surface area contributed by atoms with E-state index in [1.54, 1.807) is 6.33 Å². The van der Waals surface area contributed by atoms with Gasteiger partial charge in [-0.25, -0.2) is 15.0 Å². The first-order valence-corrected chi connectivity index (χ1v) is 7.79. The molecule has 0 aromatic carbocycles. The summed E-state index contributed by atoms with van der Waals surface area (Å²) in [6, 6.07) is 0.143. The van der Waals surface area contributed by atoms with Crippen LogP contribution < -0.4 is 5.73 Å². The average molecular weight is 320 g/mol. The highest BCUT2D eigenvalue weighted by atomic mass is 16.5. The minimum absolute atomic E-state index is 0.00108. The van der Waals surface area contributed by atoms with Crippen LogP contribution >= 0.6 is 0 Å². The van der Waals surface area contributed by atoms with E-state index < -0.39 is 0 Å². The molecule has 9 nitrogen and oxygen atoms in total. The van der Waals surface area contributed by atoms with E-state index in [2.05, 4.69) is 19.9 Å². The van der Waals surface area contributed by atoms with Gasteiger partial charge in [-0.1, -0.05) is 0 Å². The molecule has 0 radical (unpaired) electrons. The van der Waals surface area contributed by atoms with Gasteiger partial charge in [-0.2, -0.15) is 0 Å². The zero-order chi connectivity index (χ0) is 15.8. The number of nitrogens with two attached hydrogens (primary N) is 1. The van der Waals surface area contributed by atoms with E-state index in [0.29, 0.717) is 30.2 Å². The lowest BCUT2D eigenvalue weighted by atomic mass is 10.1. The van der Waals surface area contributed by atoms with Gasteiger partial charge < -0.3 is 20.3 Å². The molecule has 2 aliphatic heterocycles. The summed E-state index contributed by atoms with van der Waals surface area (Å²) in [6.07, 6.45) is 3.43. The third-order valence-corrected chi connectivity index (χ3v) is 4.54. The van der Waals surface area contributed by atoms with E-state index in [0.717, 1.165) is 19.5 Å². The number of anilines is 1. The predicted molar refractivity (Wildman–Crippen MR) is 81.5 cm³/mol. The Balaban J connectivity index is 1.70. The van der Waals surface area contributed by atoms with Gasteiger partial charge in [0.1, 0.15) is 11.8 Å². The number of hydrogen-bond donors (Lipinski definition) is 2. The maximum absolute atomic E-state index is 9.52. The van der Waals surface area contributed by atoms with Gasteiger partial charge in [0, 0.05) is 13.1 Å². The van der Waals surface area contributed by atoms with Crippen LogP contribution in [0, 0.1) is 0 Å². The van der Waals surface area contributed by atoms with Crippen molar-refractivity contribution in [2.75, 3.05) is 38.6 Å². The third kappa shape index (κ3) is 2.55. The largest absolute Gasteiger partial charge is 0.394 e. The van der Waals surface area contributed by atoms with Crippen LogP contribution in [0.4, 0.5) is 5.82 Å². The Morgan fingerprint density at radius 2 is 2.09 bits per heavy atom. The highest BCUT2D eigenvalue weighted by Gasteiger charge is 2.40. The molecule has 3 atom stereocenters. The van der Waals surface area contributed by atoms with Crippen molar-refractivity contribution in [2.45, 2.75) is 24.8 Å². The second kappa shape index (κ2) is 6.00. The van der Waals surface area contributed by atoms with Crippen molar-refractivity contribution in [1.82, 2.24) is 24.4 Å². The molecule has 9 heteroatoms. The van der Waals surface area contributed by atoms with Crippen LogP contribution in [0.15, 0.2) is 12.7 Å². The molecule has 0 saturated carbocycles. The molecule has 2 aliphatic rings. The van der Waals surface area contributed by atoms with Crippen LogP contribution in [-0.4, -0.2) is 74.6 Å². The Kier molecular flexibility index (Phi) is 3.85. The summed E-state index contributed by atoms with van der Waals surface area (Å²) >= 11 is 0. The normalized spacial score (nSPS) is 29.3. The summed E-state index contributed by atoms with van der Waals surface area (Å²) < 4.78 is 13.4. The van der Waals surface area contributed by atoms with Gasteiger partial charge in [0.2, 0.25) is 0 Å². The highest BCUT2D eigenvalue weighted by molar-refractivity contribution is 5.81. The first kappa shape index (κ1) is 14.8. The van der Waals surface area contributed by atoms with Crippen molar-refractivity contribution in [2.24, 2.45) is 0 Å². The second-order valence-corrected chi connectivity index (χ2v) is 5.87. The number of aromatic nitrogens is 4.